The molecule has 0 radical (unpaired) electrons. The molecule has 2 aromatic rings. The van der Waals surface area contributed by atoms with Crippen LogP contribution in [0.5, 0.6) is 0 Å². The fourth-order valence-corrected chi connectivity index (χ4v) is 3.38. The van der Waals surface area contributed by atoms with Crippen molar-refractivity contribution in [3.8, 4) is 0 Å². The molecule has 1 saturated carbocycles. The normalized spacial score (nSPS) is 16.5. The van der Waals surface area contributed by atoms with Crippen LogP contribution >= 0.6 is 0 Å². The smallest absolute Gasteiger partial charge is 0.0489 e. The maximum absolute atomic E-state index is 3.70. The quantitative estimate of drug-likeness (QED) is 0.854. The minimum atomic E-state index is 0.771. The number of hydrogen-bond acceptors (Lipinski definition) is 1. The van der Waals surface area contributed by atoms with Gasteiger partial charge in [-0.2, -0.15) is 0 Å². The number of aromatic nitrogens is 1. The minimum Gasteiger partial charge on any atom is -0.361 e. The van der Waals surface area contributed by atoms with E-state index in [4.69, 9.17) is 0 Å². The highest BCUT2D eigenvalue weighted by molar-refractivity contribution is 5.88. The Morgan fingerprint density at radius 1 is 1.16 bits per heavy atom. The molecule has 0 atom stereocenters. The van der Waals surface area contributed by atoms with E-state index in [9.17, 15) is 0 Å². The zero-order valence-electron chi connectivity index (χ0n) is 12.1. The molecule has 3 rings (SSSR count). The van der Waals surface area contributed by atoms with Gasteiger partial charge in [0.25, 0.3) is 0 Å². The van der Waals surface area contributed by atoms with Crippen LogP contribution in [0.3, 0.4) is 0 Å². The Morgan fingerprint density at radius 3 is 2.68 bits per heavy atom. The van der Waals surface area contributed by atoms with Gasteiger partial charge in [0.1, 0.15) is 0 Å². The molecule has 0 aliphatic heterocycles. The summed E-state index contributed by atoms with van der Waals surface area (Å²) < 4.78 is 0. The lowest BCUT2D eigenvalue weighted by atomic mass is 10.0. The van der Waals surface area contributed by atoms with Crippen LogP contribution < -0.4 is 5.32 Å². The average molecular weight is 256 g/mol. The highest BCUT2D eigenvalue weighted by atomic mass is 14.9. The molecular weight excluding hydrogens is 232 g/mol. The summed E-state index contributed by atoms with van der Waals surface area (Å²) in [6.45, 7) is 5.49. The number of aromatic amines is 1. The van der Waals surface area contributed by atoms with Crippen LogP contribution in [0, 0.1) is 13.8 Å². The summed E-state index contributed by atoms with van der Waals surface area (Å²) in [6.07, 6.45) is 8.87. The van der Waals surface area contributed by atoms with Gasteiger partial charge in [0, 0.05) is 23.1 Å². The van der Waals surface area contributed by atoms with Gasteiger partial charge >= 0.3 is 0 Å². The fraction of sp³-hybridized carbons (Fsp3) is 0.529. The fourth-order valence-electron chi connectivity index (χ4n) is 3.38. The van der Waals surface area contributed by atoms with E-state index in [1.807, 2.05) is 0 Å². The van der Waals surface area contributed by atoms with Gasteiger partial charge in [0.2, 0.25) is 0 Å². The first kappa shape index (κ1) is 12.7. The SMILES string of the molecule is Cc1ccc(C)c2c(CCNC3CCCC3)c[nH]c12. The molecular formula is C17H24N2. The topological polar surface area (TPSA) is 27.8 Å². The summed E-state index contributed by atoms with van der Waals surface area (Å²) in [5.74, 6) is 0. The molecule has 0 spiro atoms. The number of aryl methyl sites for hydroxylation is 2. The summed E-state index contributed by atoms with van der Waals surface area (Å²) in [6, 6.07) is 5.21. The van der Waals surface area contributed by atoms with Gasteiger partial charge in [-0.15, -0.1) is 0 Å². The van der Waals surface area contributed by atoms with Crippen molar-refractivity contribution < 1.29 is 0 Å². The van der Waals surface area contributed by atoms with Gasteiger partial charge in [0.05, 0.1) is 0 Å². The molecule has 1 aliphatic carbocycles. The molecule has 2 nitrogen and oxygen atoms in total. The van der Waals surface area contributed by atoms with Crippen molar-refractivity contribution in [3.63, 3.8) is 0 Å². The molecule has 0 unspecified atom stereocenters. The Labute approximate surface area is 115 Å². The largest absolute Gasteiger partial charge is 0.361 e. The molecule has 19 heavy (non-hydrogen) atoms. The van der Waals surface area contributed by atoms with Crippen molar-refractivity contribution in [1.82, 2.24) is 10.3 Å². The Morgan fingerprint density at radius 2 is 1.89 bits per heavy atom. The first-order valence-corrected chi connectivity index (χ1v) is 7.55. The van der Waals surface area contributed by atoms with Crippen molar-refractivity contribution in [1.29, 1.82) is 0 Å². The van der Waals surface area contributed by atoms with E-state index in [1.54, 1.807) is 0 Å². The summed E-state index contributed by atoms with van der Waals surface area (Å²) >= 11 is 0. The van der Waals surface area contributed by atoms with Crippen molar-refractivity contribution in [2.24, 2.45) is 0 Å². The van der Waals surface area contributed by atoms with Crippen LogP contribution in [-0.4, -0.2) is 17.6 Å². The molecule has 0 amide bonds. The summed E-state index contributed by atoms with van der Waals surface area (Å²) in [5.41, 5.74) is 5.51. The second kappa shape index (κ2) is 5.38. The van der Waals surface area contributed by atoms with Crippen LogP contribution in [0.4, 0.5) is 0 Å². The van der Waals surface area contributed by atoms with Crippen LogP contribution in [0.1, 0.15) is 42.4 Å². The second-order valence-corrected chi connectivity index (χ2v) is 5.95. The van der Waals surface area contributed by atoms with Gasteiger partial charge in [0.15, 0.2) is 0 Å². The van der Waals surface area contributed by atoms with Crippen molar-refractivity contribution in [2.75, 3.05) is 6.54 Å². The Balaban J connectivity index is 1.72. The third-order valence-electron chi connectivity index (χ3n) is 4.52. The lowest BCUT2D eigenvalue weighted by molar-refractivity contribution is 0.528. The Hall–Kier alpha value is -1.28. The zero-order valence-corrected chi connectivity index (χ0v) is 12.1. The molecule has 0 saturated heterocycles. The molecule has 102 valence electrons. The number of H-pyrrole nitrogens is 1. The third-order valence-corrected chi connectivity index (χ3v) is 4.52. The minimum absolute atomic E-state index is 0.771. The molecule has 1 aliphatic rings. The maximum Gasteiger partial charge on any atom is 0.0489 e. The molecule has 2 heteroatoms. The van der Waals surface area contributed by atoms with Crippen LogP contribution in [0.2, 0.25) is 0 Å². The zero-order chi connectivity index (χ0) is 13.2. The van der Waals surface area contributed by atoms with Gasteiger partial charge in [-0.1, -0.05) is 25.0 Å². The van der Waals surface area contributed by atoms with E-state index in [-0.39, 0.29) is 0 Å². The summed E-state index contributed by atoms with van der Waals surface area (Å²) in [4.78, 5) is 3.45. The Kier molecular flexibility index (Phi) is 3.61. The van der Waals surface area contributed by atoms with Crippen molar-refractivity contribution in [3.05, 3.63) is 35.0 Å². The predicted octanol–water partition coefficient (Wildman–Crippen LogP) is 3.86. The highest BCUT2D eigenvalue weighted by Gasteiger charge is 2.14. The second-order valence-electron chi connectivity index (χ2n) is 5.95. The van der Waals surface area contributed by atoms with Crippen LogP contribution in [0.25, 0.3) is 10.9 Å². The lowest BCUT2D eigenvalue weighted by Crippen LogP contribution is -2.27. The van der Waals surface area contributed by atoms with E-state index in [1.165, 1.54) is 53.3 Å². The molecule has 2 N–H and O–H groups in total. The lowest BCUT2D eigenvalue weighted by Gasteiger charge is -2.11. The molecule has 1 fully saturated rings. The predicted molar refractivity (Wildman–Crippen MR) is 81.7 cm³/mol. The van der Waals surface area contributed by atoms with Gasteiger partial charge in [-0.3, -0.25) is 0 Å². The van der Waals surface area contributed by atoms with Crippen molar-refractivity contribution >= 4 is 10.9 Å². The van der Waals surface area contributed by atoms with Crippen LogP contribution in [0.15, 0.2) is 18.3 Å². The first-order valence-electron chi connectivity index (χ1n) is 7.55. The molecule has 1 aromatic carbocycles. The molecule has 0 bridgehead atoms. The van der Waals surface area contributed by atoms with Crippen LogP contribution in [-0.2, 0) is 6.42 Å². The number of hydrogen-bond donors (Lipinski definition) is 2. The van der Waals surface area contributed by atoms with Crippen molar-refractivity contribution in [2.45, 2.75) is 52.0 Å². The number of benzene rings is 1. The standard InChI is InChI=1S/C17H24N2/c1-12-7-8-13(2)17-16(12)14(11-19-17)9-10-18-15-5-3-4-6-15/h7-8,11,15,18-19H,3-6,9-10H2,1-2H3. The number of fused-ring (bicyclic) bond motifs is 1. The van der Waals surface area contributed by atoms with E-state index in [0.717, 1.165) is 19.0 Å². The van der Waals surface area contributed by atoms with E-state index in [0.29, 0.717) is 0 Å². The maximum atomic E-state index is 3.70. The Bertz CT molecular complexity index is 562. The van der Waals surface area contributed by atoms with Gasteiger partial charge in [-0.05, 0) is 56.3 Å². The van der Waals surface area contributed by atoms with E-state index >= 15 is 0 Å². The highest BCUT2D eigenvalue weighted by Crippen LogP contribution is 2.25. The number of rotatable bonds is 4. The van der Waals surface area contributed by atoms with E-state index in [2.05, 4.69) is 42.5 Å². The molecule has 1 heterocycles. The first-order chi connectivity index (χ1) is 9.25. The van der Waals surface area contributed by atoms with E-state index < -0.39 is 0 Å². The number of nitrogens with one attached hydrogen (secondary N) is 2. The third kappa shape index (κ3) is 2.55. The molecule has 1 aromatic heterocycles. The monoisotopic (exact) mass is 256 g/mol. The summed E-state index contributed by atoms with van der Waals surface area (Å²) in [7, 11) is 0. The van der Waals surface area contributed by atoms with Gasteiger partial charge < -0.3 is 10.3 Å². The summed E-state index contributed by atoms with van der Waals surface area (Å²) in [5, 5.41) is 5.14. The average Bonchev–Trinajstić information content (AvgIpc) is 3.04. The van der Waals surface area contributed by atoms with Gasteiger partial charge in [-0.25, -0.2) is 0 Å².